The van der Waals surface area contributed by atoms with Gasteiger partial charge in [-0.05, 0) is 53.1 Å². The SMILES string of the molecule is O=C(OCC1c2ccccc2-c2ccccc21)N1C2CCCC1CC(O)(c1cccc(C(F)F)c1)C2. The maximum absolute atomic E-state index is 13.4. The van der Waals surface area contributed by atoms with Crippen molar-refractivity contribution in [1.82, 2.24) is 4.90 Å². The maximum Gasteiger partial charge on any atom is 0.410 e. The molecule has 6 rings (SSSR count). The molecule has 2 atom stereocenters. The quantitative estimate of drug-likeness (QED) is 0.440. The lowest BCUT2D eigenvalue weighted by Gasteiger charge is -2.51. The molecule has 3 aromatic rings. The monoisotopic (exact) mass is 489 g/mol. The zero-order valence-electron chi connectivity index (χ0n) is 19.9. The van der Waals surface area contributed by atoms with E-state index in [1.165, 1.54) is 34.4 Å². The molecule has 0 spiro atoms. The first-order valence-electron chi connectivity index (χ1n) is 12.7. The number of piperidine rings is 2. The minimum atomic E-state index is -2.59. The van der Waals surface area contributed by atoms with Crippen LogP contribution < -0.4 is 0 Å². The van der Waals surface area contributed by atoms with Crippen LogP contribution in [0.25, 0.3) is 11.1 Å². The van der Waals surface area contributed by atoms with E-state index in [1.807, 2.05) is 29.2 Å². The van der Waals surface area contributed by atoms with Crippen LogP contribution in [0.5, 0.6) is 0 Å². The van der Waals surface area contributed by atoms with Crippen molar-refractivity contribution in [3.05, 3.63) is 95.1 Å². The van der Waals surface area contributed by atoms with Crippen LogP contribution in [-0.4, -0.2) is 34.8 Å². The van der Waals surface area contributed by atoms with Gasteiger partial charge in [-0.15, -0.1) is 0 Å². The van der Waals surface area contributed by atoms with Gasteiger partial charge in [0.15, 0.2) is 0 Å². The van der Waals surface area contributed by atoms with Gasteiger partial charge in [-0.3, -0.25) is 0 Å². The molecule has 0 aromatic heterocycles. The van der Waals surface area contributed by atoms with Crippen molar-refractivity contribution in [3.8, 4) is 11.1 Å². The Balaban J connectivity index is 1.20. The number of carbonyl (C=O) groups excluding carboxylic acids is 1. The minimum absolute atomic E-state index is 0.0139. The Morgan fingerprint density at radius 2 is 1.56 bits per heavy atom. The highest BCUT2D eigenvalue weighted by atomic mass is 19.3. The Bertz CT molecular complexity index is 1230. The lowest BCUT2D eigenvalue weighted by molar-refractivity contribution is -0.0891. The van der Waals surface area contributed by atoms with Crippen LogP contribution in [0.15, 0.2) is 72.8 Å². The van der Waals surface area contributed by atoms with Crippen molar-refractivity contribution >= 4 is 6.09 Å². The standard InChI is InChI=1S/C30H29F2NO3/c31-28(32)19-7-5-8-20(15-19)30(35)16-21-9-6-10-22(17-30)33(21)29(34)36-18-27-25-13-3-1-11-23(25)24-12-2-4-14-26(24)27/h1-5,7-8,11-15,21-22,27-28,35H,6,9-10,16-18H2. The van der Waals surface area contributed by atoms with E-state index in [2.05, 4.69) is 24.3 Å². The molecule has 186 valence electrons. The molecule has 4 nitrogen and oxygen atoms in total. The summed E-state index contributed by atoms with van der Waals surface area (Å²) in [6.45, 7) is 0.253. The zero-order chi connectivity index (χ0) is 24.9. The first kappa shape index (κ1) is 23.2. The van der Waals surface area contributed by atoms with Gasteiger partial charge in [-0.2, -0.15) is 0 Å². The first-order valence-corrected chi connectivity index (χ1v) is 12.7. The van der Waals surface area contributed by atoms with E-state index in [1.54, 1.807) is 12.1 Å². The predicted octanol–water partition coefficient (Wildman–Crippen LogP) is 6.78. The molecular weight excluding hydrogens is 460 g/mol. The number of rotatable bonds is 4. The van der Waals surface area contributed by atoms with Crippen LogP contribution in [0.4, 0.5) is 13.6 Å². The van der Waals surface area contributed by atoms with Gasteiger partial charge in [-0.1, -0.05) is 66.7 Å². The number of aliphatic hydroxyl groups is 1. The second-order valence-corrected chi connectivity index (χ2v) is 10.3. The zero-order valence-corrected chi connectivity index (χ0v) is 19.9. The third-order valence-corrected chi connectivity index (χ3v) is 8.23. The molecule has 2 fully saturated rings. The number of carbonyl (C=O) groups is 1. The second-order valence-electron chi connectivity index (χ2n) is 10.3. The molecule has 2 bridgehead atoms. The largest absolute Gasteiger partial charge is 0.448 e. The Morgan fingerprint density at radius 3 is 2.17 bits per heavy atom. The molecule has 0 saturated carbocycles. The molecule has 1 aliphatic carbocycles. The molecule has 1 N–H and O–H groups in total. The van der Waals surface area contributed by atoms with Gasteiger partial charge in [0.25, 0.3) is 6.43 Å². The normalized spacial score (nSPS) is 24.9. The smallest absolute Gasteiger partial charge is 0.410 e. The van der Waals surface area contributed by atoms with Crippen molar-refractivity contribution < 1.29 is 23.4 Å². The summed E-state index contributed by atoms with van der Waals surface area (Å²) in [6, 6.07) is 22.2. The topological polar surface area (TPSA) is 49.8 Å². The number of nitrogens with zero attached hydrogens (tertiary/aromatic N) is 1. The van der Waals surface area contributed by atoms with Crippen LogP contribution in [0, 0.1) is 0 Å². The van der Waals surface area contributed by atoms with E-state index >= 15 is 0 Å². The predicted molar refractivity (Wildman–Crippen MR) is 133 cm³/mol. The van der Waals surface area contributed by atoms with Crippen molar-refractivity contribution in [1.29, 1.82) is 0 Å². The van der Waals surface area contributed by atoms with Gasteiger partial charge < -0.3 is 14.7 Å². The van der Waals surface area contributed by atoms with Gasteiger partial charge in [-0.25, -0.2) is 13.6 Å². The van der Waals surface area contributed by atoms with E-state index in [0.29, 0.717) is 18.4 Å². The summed E-state index contributed by atoms with van der Waals surface area (Å²) in [5, 5.41) is 11.6. The van der Waals surface area contributed by atoms with E-state index in [4.69, 9.17) is 4.74 Å². The van der Waals surface area contributed by atoms with E-state index in [0.717, 1.165) is 19.3 Å². The summed E-state index contributed by atoms with van der Waals surface area (Å²) in [7, 11) is 0. The fourth-order valence-corrected chi connectivity index (χ4v) is 6.60. The van der Waals surface area contributed by atoms with Crippen LogP contribution in [0.3, 0.4) is 0 Å². The Kier molecular flexibility index (Phi) is 5.79. The van der Waals surface area contributed by atoms with Crippen molar-refractivity contribution in [2.24, 2.45) is 0 Å². The highest BCUT2D eigenvalue weighted by Crippen LogP contribution is 2.47. The molecule has 3 aromatic carbocycles. The average molecular weight is 490 g/mol. The molecule has 2 unspecified atom stereocenters. The fraction of sp³-hybridized carbons (Fsp3) is 0.367. The van der Waals surface area contributed by atoms with Gasteiger partial charge >= 0.3 is 6.09 Å². The number of halogens is 2. The minimum Gasteiger partial charge on any atom is -0.448 e. The summed E-state index contributed by atoms with van der Waals surface area (Å²) in [5.41, 5.74) is 3.87. The summed E-state index contributed by atoms with van der Waals surface area (Å²) < 4.78 is 32.5. The highest BCUT2D eigenvalue weighted by Gasteiger charge is 2.49. The van der Waals surface area contributed by atoms with Crippen molar-refractivity contribution in [2.75, 3.05) is 6.61 Å². The lowest BCUT2D eigenvalue weighted by atomic mass is 9.72. The highest BCUT2D eigenvalue weighted by molar-refractivity contribution is 5.79. The van der Waals surface area contributed by atoms with E-state index in [-0.39, 0.29) is 36.3 Å². The second kappa shape index (κ2) is 9.00. The third kappa shape index (κ3) is 3.88. The molecular formula is C30H29F2NO3. The summed E-state index contributed by atoms with van der Waals surface area (Å²) in [4.78, 5) is 15.2. The Hall–Kier alpha value is -3.25. The number of benzene rings is 3. The van der Waals surface area contributed by atoms with Crippen molar-refractivity contribution in [2.45, 2.75) is 62.1 Å². The van der Waals surface area contributed by atoms with E-state index < -0.39 is 12.0 Å². The number of hydrogen-bond acceptors (Lipinski definition) is 3. The van der Waals surface area contributed by atoms with Crippen LogP contribution >= 0.6 is 0 Å². The molecule has 2 aliphatic heterocycles. The number of alkyl halides is 2. The average Bonchev–Trinajstić information content (AvgIpc) is 3.20. The fourth-order valence-electron chi connectivity index (χ4n) is 6.60. The summed E-state index contributed by atoms with van der Waals surface area (Å²) in [6.07, 6.45) is 0.190. The number of amides is 1. The van der Waals surface area contributed by atoms with Crippen molar-refractivity contribution in [3.63, 3.8) is 0 Å². The maximum atomic E-state index is 13.4. The molecule has 2 saturated heterocycles. The summed E-state index contributed by atoms with van der Waals surface area (Å²) >= 11 is 0. The number of hydrogen-bond donors (Lipinski definition) is 1. The molecule has 0 radical (unpaired) electrons. The van der Waals surface area contributed by atoms with Gasteiger partial charge in [0.05, 0.1) is 5.60 Å². The first-order chi connectivity index (χ1) is 17.4. The number of ether oxygens (including phenoxy) is 1. The molecule has 3 aliphatic rings. The molecule has 2 heterocycles. The Labute approximate surface area is 209 Å². The van der Waals surface area contributed by atoms with Crippen LogP contribution in [0.2, 0.25) is 0 Å². The molecule has 1 amide bonds. The van der Waals surface area contributed by atoms with Gasteiger partial charge in [0.2, 0.25) is 0 Å². The molecule has 36 heavy (non-hydrogen) atoms. The molecule has 6 heteroatoms. The lowest BCUT2D eigenvalue weighted by Crippen LogP contribution is -2.59. The number of fused-ring (bicyclic) bond motifs is 5. The van der Waals surface area contributed by atoms with Gasteiger partial charge in [0.1, 0.15) is 6.61 Å². The van der Waals surface area contributed by atoms with Gasteiger partial charge in [0, 0.05) is 36.4 Å². The van der Waals surface area contributed by atoms with Crippen LogP contribution in [-0.2, 0) is 10.3 Å². The third-order valence-electron chi connectivity index (χ3n) is 8.23. The van der Waals surface area contributed by atoms with E-state index in [9.17, 15) is 18.7 Å². The summed E-state index contributed by atoms with van der Waals surface area (Å²) in [5.74, 6) is -0.0139. The Morgan fingerprint density at radius 1 is 0.944 bits per heavy atom. The van der Waals surface area contributed by atoms with Crippen LogP contribution in [0.1, 0.15) is 66.7 Å².